The largest absolute Gasteiger partial charge is 0.433 e. The average Bonchev–Trinajstić information content (AvgIpc) is 3.08. The van der Waals surface area contributed by atoms with Crippen molar-refractivity contribution >= 4 is 33.1 Å². The van der Waals surface area contributed by atoms with Gasteiger partial charge in [0, 0.05) is 31.6 Å². The zero-order valence-corrected chi connectivity index (χ0v) is 17.1. The second-order valence-electron chi connectivity index (χ2n) is 7.13. The predicted molar refractivity (Wildman–Crippen MR) is 109 cm³/mol. The summed E-state index contributed by atoms with van der Waals surface area (Å²) in [6.07, 6.45) is -4.55. The van der Waals surface area contributed by atoms with Gasteiger partial charge in [-0.1, -0.05) is 6.07 Å². The van der Waals surface area contributed by atoms with E-state index in [1.165, 1.54) is 18.2 Å². The zero-order valence-electron chi connectivity index (χ0n) is 16.3. The minimum Gasteiger partial charge on any atom is -0.367 e. The number of hydrogen-bond acceptors (Lipinski definition) is 5. The van der Waals surface area contributed by atoms with Crippen molar-refractivity contribution in [2.75, 3.05) is 31.1 Å². The van der Waals surface area contributed by atoms with Crippen LogP contribution in [0.2, 0.25) is 0 Å². The molecule has 5 nitrogen and oxygen atoms in total. The molecule has 0 spiro atoms. The Balaban J connectivity index is 1.54. The van der Waals surface area contributed by atoms with Crippen molar-refractivity contribution < 1.29 is 22.4 Å². The summed E-state index contributed by atoms with van der Waals surface area (Å²) in [5.41, 5.74) is 0.0634. The number of alkyl halides is 3. The van der Waals surface area contributed by atoms with Crippen LogP contribution in [0.1, 0.15) is 26.5 Å². The van der Waals surface area contributed by atoms with E-state index in [4.69, 9.17) is 0 Å². The van der Waals surface area contributed by atoms with Gasteiger partial charge in [-0.25, -0.2) is 9.37 Å². The summed E-state index contributed by atoms with van der Waals surface area (Å²) in [6.45, 7) is 3.20. The van der Waals surface area contributed by atoms with Gasteiger partial charge in [-0.2, -0.15) is 18.4 Å². The molecule has 0 atom stereocenters. The van der Waals surface area contributed by atoms with Crippen molar-refractivity contribution in [2.45, 2.75) is 13.1 Å². The minimum absolute atomic E-state index is 0.0332. The summed E-state index contributed by atoms with van der Waals surface area (Å²) in [5.74, 6) is -0.862. The van der Waals surface area contributed by atoms with Gasteiger partial charge in [0.1, 0.15) is 28.0 Å². The predicted octanol–water partition coefficient (Wildman–Crippen LogP) is 4.60. The number of anilines is 1. The van der Waals surface area contributed by atoms with Crippen LogP contribution in [0.25, 0.3) is 10.2 Å². The number of pyridine rings is 1. The Morgan fingerprint density at radius 1 is 1.16 bits per heavy atom. The molecule has 0 bridgehead atoms. The summed E-state index contributed by atoms with van der Waals surface area (Å²) >= 11 is 0.953. The number of hydrogen-bond donors (Lipinski definition) is 0. The van der Waals surface area contributed by atoms with Crippen LogP contribution in [0.5, 0.6) is 0 Å². The van der Waals surface area contributed by atoms with Crippen LogP contribution in [0.4, 0.5) is 23.2 Å². The number of carbonyl (C=O) groups is 1. The summed E-state index contributed by atoms with van der Waals surface area (Å²) < 4.78 is 52.7. The highest BCUT2D eigenvalue weighted by molar-refractivity contribution is 7.20. The molecule has 160 valence electrons. The molecule has 31 heavy (non-hydrogen) atoms. The number of benzene rings is 1. The van der Waals surface area contributed by atoms with Crippen molar-refractivity contribution in [1.29, 1.82) is 5.26 Å². The highest BCUT2D eigenvalue weighted by atomic mass is 32.1. The summed E-state index contributed by atoms with van der Waals surface area (Å²) in [4.78, 5) is 20.7. The Morgan fingerprint density at radius 2 is 1.87 bits per heavy atom. The molecule has 1 fully saturated rings. The Bertz CT molecular complexity index is 1210. The van der Waals surface area contributed by atoms with Crippen LogP contribution < -0.4 is 4.90 Å². The molecule has 0 N–H and O–H groups in total. The second-order valence-corrected chi connectivity index (χ2v) is 8.13. The number of aryl methyl sites for hydroxylation is 1. The standard InChI is InChI=1S/C21H16F4N4OS/c1-12-13-5-6-17(21(23,24)25)27-19(13)31-18(12)20(30)29-9-7-28(8-10-29)16-4-2-3-15(22)14(16)11-26/h2-6H,7-10H2,1H3. The maximum atomic E-state index is 13.9. The lowest BCUT2D eigenvalue weighted by molar-refractivity contribution is -0.140. The number of amides is 1. The van der Waals surface area contributed by atoms with E-state index in [0.29, 0.717) is 47.7 Å². The number of rotatable bonds is 2. The highest BCUT2D eigenvalue weighted by Gasteiger charge is 2.33. The van der Waals surface area contributed by atoms with Gasteiger partial charge >= 0.3 is 6.18 Å². The van der Waals surface area contributed by atoms with Crippen molar-refractivity contribution in [2.24, 2.45) is 0 Å². The number of fused-ring (bicyclic) bond motifs is 1. The van der Waals surface area contributed by atoms with Crippen molar-refractivity contribution in [3.05, 3.63) is 57.8 Å². The van der Waals surface area contributed by atoms with E-state index in [1.807, 2.05) is 11.0 Å². The van der Waals surface area contributed by atoms with Gasteiger partial charge in [-0.05, 0) is 36.8 Å². The summed E-state index contributed by atoms with van der Waals surface area (Å²) in [5, 5.41) is 9.76. The maximum absolute atomic E-state index is 13.9. The van der Waals surface area contributed by atoms with Gasteiger partial charge in [0.05, 0.1) is 10.6 Å². The molecule has 1 aliphatic heterocycles. The van der Waals surface area contributed by atoms with Gasteiger partial charge in [0.2, 0.25) is 0 Å². The minimum atomic E-state index is -4.55. The fraction of sp³-hybridized carbons (Fsp3) is 0.286. The van der Waals surface area contributed by atoms with Crippen molar-refractivity contribution in [1.82, 2.24) is 9.88 Å². The molecule has 3 aromatic rings. The lowest BCUT2D eigenvalue weighted by Gasteiger charge is -2.36. The molecule has 3 heterocycles. The van der Waals surface area contributed by atoms with E-state index in [0.717, 1.165) is 17.4 Å². The smallest absolute Gasteiger partial charge is 0.367 e. The quantitative estimate of drug-likeness (QED) is 0.538. The number of piperazine rings is 1. The third-order valence-electron chi connectivity index (χ3n) is 5.30. The lowest BCUT2D eigenvalue weighted by Crippen LogP contribution is -2.49. The Morgan fingerprint density at radius 3 is 2.52 bits per heavy atom. The number of carbonyl (C=O) groups excluding carboxylic acids is 1. The molecular formula is C21H16F4N4OS. The third-order valence-corrected chi connectivity index (χ3v) is 6.49. The van der Waals surface area contributed by atoms with Crippen LogP contribution in [-0.4, -0.2) is 42.0 Å². The van der Waals surface area contributed by atoms with E-state index in [1.54, 1.807) is 17.9 Å². The first-order valence-electron chi connectivity index (χ1n) is 9.41. The Kier molecular flexibility index (Phi) is 5.31. The van der Waals surface area contributed by atoms with E-state index < -0.39 is 17.7 Å². The van der Waals surface area contributed by atoms with E-state index >= 15 is 0 Å². The van der Waals surface area contributed by atoms with Gasteiger partial charge in [-0.3, -0.25) is 4.79 Å². The molecule has 1 aliphatic rings. The molecule has 1 amide bonds. The second kappa shape index (κ2) is 7.81. The average molecular weight is 448 g/mol. The van der Waals surface area contributed by atoms with Gasteiger partial charge in [0.25, 0.3) is 5.91 Å². The number of thiophene rings is 1. The molecule has 0 unspecified atom stereocenters. The van der Waals surface area contributed by atoms with E-state index in [2.05, 4.69) is 4.98 Å². The number of nitrogens with zero attached hydrogens (tertiary/aromatic N) is 4. The molecule has 1 saturated heterocycles. The fourth-order valence-electron chi connectivity index (χ4n) is 3.64. The molecular weight excluding hydrogens is 432 g/mol. The van der Waals surface area contributed by atoms with Gasteiger partial charge in [0.15, 0.2) is 0 Å². The third kappa shape index (κ3) is 3.81. The SMILES string of the molecule is Cc1c(C(=O)N2CCN(c3cccc(F)c3C#N)CC2)sc2nc(C(F)(F)F)ccc12. The normalized spacial score (nSPS) is 14.7. The summed E-state index contributed by atoms with van der Waals surface area (Å²) in [7, 11) is 0. The molecule has 0 saturated carbocycles. The molecule has 0 aliphatic carbocycles. The summed E-state index contributed by atoms with van der Waals surface area (Å²) in [6, 6.07) is 8.57. The monoisotopic (exact) mass is 448 g/mol. The Hall–Kier alpha value is -3.19. The van der Waals surface area contributed by atoms with E-state index in [-0.39, 0.29) is 16.3 Å². The molecule has 0 radical (unpaired) electrons. The zero-order chi connectivity index (χ0) is 22.3. The molecule has 4 rings (SSSR count). The lowest BCUT2D eigenvalue weighted by atomic mass is 10.1. The first kappa shape index (κ1) is 21.1. The van der Waals surface area contributed by atoms with Crippen LogP contribution in [0, 0.1) is 24.1 Å². The number of aromatic nitrogens is 1. The molecule has 2 aromatic heterocycles. The van der Waals surface area contributed by atoms with Crippen LogP contribution in [0.15, 0.2) is 30.3 Å². The van der Waals surface area contributed by atoms with Gasteiger partial charge in [-0.15, -0.1) is 11.3 Å². The van der Waals surface area contributed by atoms with E-state index in [9.17, 15) is 27.6 Å². The molecule has 1 aromatic carbocycles. The Labute approximate surface area is 179 Å². The number of nitriles is 1. The first-order chi connectivity index (χ1) is 14.7. The van der Waals surface area contributed by atoms with Crippen LogP contribution in [-0.2, 0) is 6.18 Å². The topological polar surface area (TPSA) is 60.2 Å². The van der Waals surface area contributed by atoms with Crippen molar-refractivity contribution in [3.8, 4) is 6.07 Å². The first-order valence-corrected chi connectivity index (χ1v) is 10.2. The highest BCUT2D eigenvalue weighted by Crippen LogP contribution is 2.35. The number of halogens is 4. The van der Waals surface area contributed by atoms with Gasteiger partial charge < -0.3 is 9.80 Å². The van der Waals surface area contributed by atoms with Crippen LogP contribution in [0.3, 0.4) is 0 Å². The molecule has 10 heteroatoms. The maximum Gasteiger partial charge on any atom is 0.433 e. The van der Waals surface area contributed by atoms with Crippen LogP contribution >= 0.6 is 11.3 Å². The van der Waals surface area contributed by atoms with Crippen molar-refractivity contribution in [3.63, 3.8) is 0 Å². The fourth-order valence-corrected chi connectivity index (χ4v) is 4.79.